The van der Waals surface area contributed by atoms with Gasteiger partial charge in [-0.05, 0) is 65.7 Å². The summed E-state index contributed by atoms with van der Waals surface area (Å²) >= 11 is 1.57. The van der Waals surface area contributed by atoms with Gasteiger partial charge in [0.05, 0.1) is 11.6 Å². The van der Waals surface area contributed by atoms with E-state index >= 15 is 0 Å². The van der Waals surface area contributed by atoms with Gasteiger partial charge >= 0.3 is 0 Å². The largest absolute Gasteiger partial charge is 0.324 e. The van der Waals surface area contributed by atoms with Gasteiger partial charge in [-0.3, -0.25) is 9.59 Å². The monoisotopic (exact) mass is 408 g/mol. The van der Waals surface area contributed by atoms with E-state index in [1.807, 2.05) is 38.1 Å². The lowest BCUT2D eigenvalue weighted by Crippen LogP contribution is -2.44. The topological polar surface area (TPSA) is 93.0 Å². The zero-order valence-electron chi connectivity index (χ0n) is 16.1. The third-order valence-corrected chi connectivity index (χ3v) is 5.94. The van der Waals surface area contributed by atoms with Crippen molar-refractivity contribution in [2.75, 3.05) is 16.9 Å². The summed E-state index contributed by atoms with van der Waals surface area (Å²) in [4.78, 5) is 27.6. The van der Waals surface area contributed by atoms with Crippen LogP contribution in [0.25, 0.3) is 5.69 Å². The number of hydrogen-bond acceptors (Lipinski definition) is 6. The van der Waals surface area contributed by atoms with Crippen molar-refractivity contribution in [3.63, 3.8) is 0 Å². The summed E-state index contributed by atoms with van der Waals surface area (Å²) in [5, 5.41) is 14.0. The number of aromatic nitrogens is 4. The molecule has 1 atom stereocenters. The maximum Gasteiger partial charge on any atom is 0.255 e. The van der Waals surface area contributed by atoms with Crippen molar-refractivity contribution in [2.45, 2.75) is 19.9 Å². The average molecular weight is 408 g/mol. The number of carbonyl (C=O) groups is 2. The SMILES string of the molecule is Cc1ccc(NC(=O)C2CSCN2C(=O)c2cccc(-n3cnnn3)c2)cc1C. The first-order chi connectivity index (χ1) is 14.0. The number of benzene rings is 2. The van der Waals surface area contributed by atoms with Gasteiger partial charge in [0, 0.05) is 17.0 Å². The summed E-state index contributed by atoms with van der Waals surface area (Å²) in [6, 6.07) is 12.3. The Bertz CT molecular complexity index is 1050. The van der Waals surface area contributed by atoms with Crippen LogP contribution in [0.2, 0.25) is 0 Å². The minimum Gasteiger partial charge on any atom is -0.324 e. The van der Waals surface area contributed by atoms with Crippen molar-refractivity contribution in [3.8, 4) is 5.69 Å². The van der Waals surface area contributed by atoms with Crippen LogP contribution in [-0.4, -0.2) is 54.6 Å². The van der Waals surface area contributed by atoms with Gasteiger partial charge in [-0.15, -0.1) is 16.9 Å². The molecule has 0 saturated carbocycles. The zero-order valence-corrected chi connectivity index (χ0v) is 16.9. The summed E-state index contributed by atoms with van der Waals surface area (Å²) in [5.74, 6) is 0.669. The van der Waals surface area contributed by atoms with Crippen molar-refractivity contribution >= 4 is 29.3 Å². The Morgan fingerprint density at radius 1 is 1.14 bits per heavy atom. The normalized spacial score (nSPS) is 16.1. The molecule has 2 amide bonds. The molecular formula is C20H20N6O2S. The molecule has 2 heterocycles. The Morgan fingerprint density at radius 2 is 2.00 bits per heavy atom. The number of tetrazole rings is 1. The van der Waals surface area contributed by atoms with Crippen molar-refractivity contribution in [1.29, 1.82) is 0 Å². The molecule has 3 aromatic rings. The molecule has 9 heteroatoms. The fraction of sp³-hybridized carbons (Fsp3) is 0.250. The van der Waals surface area contributed by atoms with Gasteiger partial charge in [-0.25, -0.2) is 4.68 Å². The first-order valence-corrected chi connectivity index (χ1v) is 10.3. The van der Waals surface area contributed by atoms with Crippen molar-refractivity contribution in [2.24, 2.45) is 0 Å². The minimum atomic E-state index is -0.522. The molecule has 1 fully saturated rings. The predicted molar refractivity (Wildman–Crippen MR) is 111 cm³/mol. The van der Waals surface area contributed by atoms with Crippen LogP contribution >= 0.6 is 11.8 Å². The third-order valence-electron chi connectivity index (χ3n) is 4.93. The first-order valence-electron chi connectivity index (χ1n) is 9.13. The summed E-state index contributed by atoms with van der Waals surface area (Å²) in [5.41, 5.74) is 4.19. The van der Waals surface area contributed by atoms with Gasteiger partial charge in [0.25, 0.3) is 5.91 Å². The minimum absolute atomic E-state index is 0.178. The Labute approximate surface area is 172 Å². The van der Waals surface area contributed by atoms with Gasteiger partial charge in [0.15, 0.2) is 0 Å². The molecule has 148 valence electrons. The quantitative estimate of drug-likeness (QED) is 0.713. The van der Waals surface area contributed by atoms with Crippen LogP contribution in [0.3, 0.4) is 0 Å². The van der Waals surface area contributed by atoms with E-state index in [0.717, 1.165) is 11.3 Å². The highest BCUT2D eigenvalue weighted by Gasteiger charge is 2.35. The zero-order chi connectivity index (χ0) is 20.4. The standard InChI is InChI=1S/C20H20N6O2S/c1-13-6-7-16(8-14(13)2)22-19(27)18-10-29-12-25(18)20(28)15-4-3-5-17(9-15)26-11-21-23-24-26/h3-9,11,18H,10,12H2,1-2H3,(H,22,27). The van der Waals surface area contributed by atoms with E-state index in [1.54, 1.807) is 34.9 Å². The molecule has 1 saturated heterocycles. The van der Waals surface area contributed by atoms with Crippen molar-refractivity contribution in [3.05, 3.63) is 65.5 Å². The molecule has 0 spiro atoms. The maximum absolute atomic E-state index is 13.1. The fourth-order valence-electron chi connectivity index (χ4n) is 3.13. The molecule has 1 N–H and O–H groups in total. The molecule has 0 aliphatic carbocycles. The van der Waals surface area contributed by atoms with Crippen LogP contribution in [0.1, 0.15) is 21.5 Å². The van der Waals surface area contributed by atoms with E-state index in [-0.39, 0.29) is 11.8 Å². The number of nitrogens with one attached hydrogen (secondary N) is 1. The summed E-state index contributed by atoms with van der Waals surface area (Å²) in [6.07, 6.45) is 1.47. The molecule has 0 bridgehead atoms. The van der Waals surface area contributed by atoms with Gasteiger partial charge in [0.1, 0.15) is 12.4 Å². The van der Waals surface area contributed by atoms with E-state index in [4.69, 9.17) is 0 Å². The number of anilines is 1. The Morgan fingerprint density at radius 3 is 2.76 bits per heavy atom. The Balaban J connectivity index is 1.52. The lowest BCUT2D eigenvalue weighted by atomic mass is 10.1. The second-order valence-corrected chi connectivity index (χ2v) is 7.88. The average Bonchev–Trinajstić information content (AvgIpc) is 3.42. The highest BCUT2D eigenvalue weighted by molar-refractivity contribution is 7.99. The smallest absolute Gasteiger partial charge is 0.255 e. The molecule has 29 heavy (non-hydrogen) atoms. The van der Waals surface area contributed by atoms with Crippen molar-refractivity contribution < 1.29 is 9.59 Å². The molecule has 1 aliphatic rings. The van der Waals surface area contributed by atoms with Gasteiger partial charge in [-0.1, -0.05) is 12.1 Å². The molecule has 2 aromatic carbocycles. The number of aryl methyl sites for hydroxylation is 2. The molecule has 4 rings (SSSR count). The number of carbonyl (C=O) groups excluding carboxylic acids is 2. The van der Waals surface area contributed by atoms with Gasteiger partial charge in [0.2, 0.25) is 5.91 Å². The summed E-state index contributed by atoms with van der Waals surface area (Å²) in [7, 11) is 0. The van der Waals surface area contributed by atoms with E-state index in [0.29, 0.717) is 22.9 Å². The number of thioether (sulfide) groups is 1. The van der Waals surface area contributed by atoms with E-state index < -0.39 is 6.04 Å². The van der Waals surface area contributed by atoms with Crippen LogP contribution < -0.4 is 5.32 Å². The second kappa shape index (κ2) is 8.04. The van der Waals surface area contributed by atoms with Crippen LogP contribution in [-0.2, 0) is 4.79 Å². The number of rotatable bonds is 4. The van der Waals surface area contributed by atoms with E-state index in [9.17, 15) is 9.59 Å². The molecule has 0 radical (unpaired) electrons. The summed E-state index contributed by atoms with van der Waals surface area (Å²) in [6.45, 7) is 4.03. The highest BCUT2D eigenvalue weighted by atomic mass is 32.2. The van der Waals surface area contributed by atoms with Gasteiger partial charge in [-0.2, -0.15) is 0 Å². The van der Waals surface area contributed by atoms with Gasteiger partial charge < -0.3 is 10.2 Å². The van der Waals surface area contributed by atoms with Crippen LogP contribution in [0, 0.1) is 13.8 Å². The maximum atomic E-state index is 13.1. The first kappa shape index (κ1) is 19.1. The van der Waals surface area contributed by atoms with Crippen molar-refractivity contribution in [1.82, 2.24) is 25.1 Å². The molecule has 1 aromatic heterocycles. The van der Waals surface area contributed by atoms with Crippen LogP contribution in [0.5, 0.6) is 0 Å². The Hall–Kier alpha value is -3.20. The highest BCUT2D eigenvalue weighted by Crippen LogP contribution is 2.25. The fourth-order valence-corrected chi connectivity index (χ4v) is 4.29. The third kappa shape index (κ3) is 4.00. The molecule has 1 unspecified atom stereocenters. The van der Waals surface area contributed by atoms with Crippen LogP contribution in [0.4, 0.5) is 5.69 Å². The lowest BCUT2D eigenvalue weighted by molar-refractivity contribution is -0.119. The second-order valence-electron chi connectivity index (χ2n) is 6.88. The predicted octanol–water partition coefficient (Wildman–Crippen LogP) is 2.43. The number of hydrogen-bond donors (Lipinski definition) is 1. The van der Waals surface area contributed by atoms with E-state index in [2.05, 4.69) is 20.8 Å². The van der Waals surface area contributed by atoms with Crippen LogP contribution in [0.15, 0.2) is 48.8 Å². The number of nitrogens with zero attached hydrogens (tertiary/aromatic N) is 5. The molecular weight excluding hydrogens is 388 g/mol. The van der Waals surface area contributed by atoms with E-state index in [1.165, 1.54) is 16.6 Å². The number of amides is 2. The Kier molecular flexibility index (Phi) is 5.30. The summed E-state index contributed by atoms with van der Waals surface area (Å²) < 4.78 is 1.49. The molecule has 1 aliphatic heterocycles. The molecule has 8 nitrogen and oxygen atoms in total. The lowest BCUT2D eigenvalue weighted by Gasteiger charge is -2.23.